The molecule has 0 saturated heterocycles. The first-order valence-electron chi connectivity index (χ1n) is 5.81. The summed E-state index contributed by atoms with van der Waals surface area (Å²) in [6.45, 7) is 0. The number of nitrogen functional groups attached to an aromatic ring is 1. The van der Waals surface area contributed by atoms with Gasteiger partial charge in [0.05, 0.1) is 16.8 Å². The van der Waals surface area contributed by atoms with Crippen molar-refractivity contribution in [3.05, 3.63) is 62.6 Å². The number of rotatable bonds is 1. The number of anilines is 1. The highest BCUT2D eigenvalue weighted by atomic mass is 79.9. The maximum atomic E-state index is 12.5. The van der Waals surface area contributed by atoms with E-state index in [0.29, 0.717) is 21.9 Å². The lowest BCUT2D eigenvalue weighted by molar-refractivity contribution is 0.0979. The van der Waals surface area contributed by atoms with Crippen LogP contribution in [0.3, 0.4) is 0 Å². The van der Waals surface area contributed by atoms with Crippen LogP contribution in [-0.4, -0.2) is 17.9 Å². The van der Waals surface area contributed by atoms with Gasteiger partial charge in [0, 0.05) is 21.2 Å². The van der Waals surface area contributed by atoms with Crippen molar-refractivity contribution in [1.82, 2.24) is 0 Å². The van der Waals surface area contributed by atoms with Gasteiger partial charge < -0.3 is 5.73 Å². The maximum absolute atomic E-state index is 12.5. The van der Waals surface area contributed by atoms with Crippen molar-refractivity contribution in [1.29, 1.82) is 0 Å². The fourth-order valence-corrected chi connectivity index (χ4v) is 3.01. The first kappa shape index (κ1) is 12.7. The molecular formula is C15H8BrNO3. The van der Waals surface area contributed by atoms with Gasteiger partial charge in [-0.25, -0.2) is 0 Å². The summed E-state index contributed by atoms with van der Waals surface area (Å²) >= 11 is 3.24. The Balaban J connectivity index is 2.42. The minimum absolute atomic E-state index is 0.0473. The summed E-state index contributed by atoms with van der Waals surface area (Å²) in [6, 6.07) is 8.03. The maximum Gasteiger partial charge on any atom is 0.196 e. The summed E-state index contributed by atoms with van der Waals surface area (Å²) in [4.78, 5) is 36.0. The standard InChI is InChI=1S/C15H8BrNO3/c16-10-5-7(6-18)13(17)12-11(10)14(19)8-3-1-2-4-9(8)15(12)20/h1-6H,17H2. The third kappa shape index (κ3) is 1.56. The molecule has 0 saturated carbocycles. The van der Waals surface area contributed by atoms with E-state index in [1.54, 1.807) is 24.3 Å². The Labute approximate surface area is 122 Å². The number of benzene rings is 2. The monoisotopic (exact) mass is 329 g/mol. The molecule has 0 atom stereocenters. The number of carbonyl (C=O) groups is 3. The van der Waals surface area contributed by atoms with Crippen molar-refractivity contribution in [2.24, 2.45) is 0 Å². The number of ketones is 2. The quantitative estimate of drug-likeness (QED) is 0.550. The smallest absolute Gasteiger partial charge is 0.196 e. The molecule has 2 aromatic rings. The van der Waals surface area contributed by atoms with E-state index in [2.05, 4.69) is 15.9 Å². The third-order valence-corrected chi connectivity index (χ3v) is 3.97. The summed E-state index contributed by atoms with van der Waals surface area (Å²) in [6.07, 6.45) is 0.568. The Morgan fingerprint density at radius 1 is 1.00 bits per heavy atom. The molecule has 2 N–H and O–H groups in total. The number of hydrogen-bond donors (Lipinski definition) is 1. The number of carbonyl (C=O) groups excluding carboxylic acids is 3. The molecule has 0 fully saturated rings. The summed E-state index contributed by atoms with van der Waals surface area (Å²) in [5.74, 6) is -0.608. The van der Waals surface area contributed by atoms with Gasteiger partial charge >= 0.3 is 0 Å². The van der Waals surface area contributed by atoms with Crippen molar-refractivity contribution < 1.29 is 14.4 Å². The molecule has 20 heavy (non-hydrogen) atoms. The average Bonchev–Trinajstić information content (AvgIpc) is 2.46. The van der Waals surface area contributed by atoms with Gasteiger partial charge in [-0.05, 0) is 22.0 Å². The van der Waals surface area contributed by atoms with E-state index in [1.807, 2.05) is 0 Å². The third-order valence-electron chi connectivity index (χ3n) is 3.35. The first-order valence-corrected chi connectivity index (χ1v) is 6.61. The van der Waals surface area contributed by atoms with Gasteiger partial charge in [0.2, 0.25) is 0 Å². The molecule has 5 heteroatoms. The number of fused-ring (bicyclic) bond motifs is 2. The summed E-state index contributed by atoms with van der Waals surface area (Å²) in [5.41, 5.74) is 7.09. The second-order valence-corrected chi connectivity index (χ2v) is 5.29. The van der Waals surface area contributed by atoms with Gasteiger partial charge in [0.15, 0.2) is 17.9 Å². The van der Waals surface area contributed by atoms with Crippen LogP contribution in [0.4, 0.5) is 5.69 Å². The van der Waals surface area contributed by atoms with Gasteiger partial charge in [-0.1, -0.05) is 24.3 Å². The van der Waals surface area contributed by atoms with E-state index < -0.39 is 0 Å². The van der Waals surface area contributed by atoms with E-state index in [9.17, 15) is 14.4 Å². The van der Waals surface area contributed by atoms with Crippen molar-refractivity contribution in [3.8, 4) is 0 Å². The molecule has 2 aromatic carbocycles. The molecule has 4 nitrogen and oxygen atoms in total. The zero-order valence-electron chi connectivity index (χ0n) is 10.1. The van der Waals surface area contributed by atoms with Crippen molar-refractivity contribution in [2.45, 2.75) is 0 Å². The van der Waals surface area contributed by atoms with E-state index in [4.69, 9.17) is 5.73 Å². The number of halogens is 1. The molecular weight excluding hydrogens is 322 g/mol. The molecule has 0 heterocycles. The molecule has 1 aliphatic rings. The molecule has 3 rings (SSSR count). The lowest BCUT2D eigenvalue weighted by Gasteiger charge is -2.20. The fourth-order valence-electron chi connectivity index (χ4n) is 2.39. The molecule has 0 amide bonds. The molecule has 0 radical (unpaired) electrons. The van der Waals surface area contributed by atoms with Crippen LogP contribution in [0.2, 0.25) is 0 Å². The van der Waals surface area contributed by atoms with Crippen LogP contribution in [0.5, 0.6) is 0 Å². The predicted molar refractivity (Wildman–Crippen MR) is 77.2 cm³/mol. The Bertz CT molecular complexity index is 796. The van der Waals surface area contributed by atoms with Gasteiger partial charge in [-0.3, -0.25) is 14.4 Å². The summed E-state index contributed by atoms with van der Waals surface area (Å²) in [5, 5.41) is 0. The highest BCUT2D eigenvalue weighted by Crippen LogP contribution is 2.36. The number of hydrogen-bond acceptors (Lipinski definition) is 4. The van der Waals surface area contributed by atoms with E-state index in [-0.39, 0.29) is 33.9 Å². The fraction of sp³-hybridized carbons (Fsp3) is 0. The molecule has 0 unspecified atom stereocenters. The van der Waals surface area contributed by atoms with E-state index in [0.717, 1.165) is 0 Å². The van der Waals surface area contributed by atoms with Gasteiger partial charge in [-0.15, -0.1) is 0 Å². The van der Waals surface area contributed by atoms with Crippen LogP contribution in [0, 0.1) is 0 Å². The lowest BCUT2D eigenvalue weighted by atomic mass is 9.82. The van der Waals surface area contributed by atoms with Crippen molar-refractivity contribution >= 4 is 39.5 Å². The van der Waals surface area contributed by atoms with Gasteiger partial charge in [-0.2, -0.15) is 0 Å². The Morgan fingerprint density at radius 3 is 2.10 bits per heavy atom. The number of nitrogens with two attached hydrogens (primary N) is 1. The minimum Gasteiger partial charge on any atom is -0.398 e. The van der Waals surface area contributed by atoms with Crippen molar-refractivity contribution in [2.75, 3.05) is 5.73 Å². The second kappa shape index (κ2) is 4.38. The highest BCUT2D eigenvalue weighted by molar-refractivity contribution is 9.10. The van der Waals surface area contributed by atoms with Gasteiger partial charge in [0.25, 0.3) is 0 Å². The van der Waals surface area contributed by atoms with E-state index >= 15 is 0 Å². The topological polar surface area (TPSA) is 77.2 Å². The van der Waals surface area contributed by atoms with Gasteiger partial charge in [0.1, 0.15) is 0 Å². The molecule has 1 aliphatic carbocycles. The van der Waals surface area contributed by atoms with Crippen LogP contribution in [0.15, 0.2) is 34.8 Å². The zero-order valence-corrected chi connectivity index (χ0v) is 11.7. The molecule has 0 aromatic heterocycles. The first-order chi connectivity index (χ1) is 9.56. The Kier molecular flexibility index (Phi) is 2.79. The largest absolute Gasteiger partial charge is 0.398 e. The van der Waals surface area contributed by atoms with Crippen LogP contribution in [0.25, 0.3) is 0 Å². The normalized spacial score (nSPS) is 12.8. The SMILES string of the molecule is Nc1c(C=O)cc(Br)c2c1C(=O)c1ccccc1C2=O. The summed E-state index contributed by atoms with van der Waals surface area (Å²) in [7, 11) is 0. The molecule has 0 bridgehead atoms. The van der Waals surface area contributed by atoms with Crippen molar-refractivity contribution in [3.63, 3.8) is 0 Å². The Morgan fingerprint density at radius 2 is 1.55 bits per heavy atom. The summed E-state index contributed by atoms with van der Waals surface area (Å²) < 4.78 is 0.400. The lowest BCUT2D eigenvalue weighted by Crippen LogP contribution is -2.23. The predicted octanol–water partition coefficient (Wildman–Crippen LogP) is 2.62. The Hall–Kier alpha value is -2.27. The van der Waals surface area contributed by atoms with E-state index in [1.165, 1.54) is 6.07 Å². The van der Waals surface area contributed by atoms with Crippen LogP contribution in [0.1, 0.15) is 42.2 Å². The van der Waals surface area contributed by atoms with Crippen LogP contribution >= 0.6 is 15.9 Å². The average molecular weight is 330 g/mol. The second-order valence-electron chi connectivity index (χ2n) is 4.43. The number of aldehydes is 1. The molecule has 0 spiro atoms. The molecule has 0 aliphatic heterocycles. The van der Waals surface area contributed by atoms with Crippen LogP contribution < -0.4 is 5.73 Å². The minimum atomic E-state index is -0.336. The molecule has 98 valence electrons. The zero-order chi connectivity index (χ0) is 14.4. The highest BCUT2D eigenvalue weighted by Gasteiger charge is 2.33. The van der Waals surface area contributed by atoms with Crippen LogP contribution in [-0.2, 0) is 0 Å².